The van der Waals surface area contributed by atoms with Crippen molar-refractivity contribution < 1.29 is 23.1 Å². The highest BCUT2D eigenvalue weighted by Crippen LogP contribution is 2.29. The van der Waals surface area contributed by atoms with Crippen LogP contribution in [-0.2, 0) is 16.2 Å². The minimum Gasteiger partial charge on any atom is -0.485 e. The number of benzene rings is 2. The maximum atomic E-state index is 12.9. The standard InChI is InChI=1S/C27H30F2N2O3/c1-5-18(2)27(21-9-10-26(19(3)15-21)33-22(16-28)17-29)34-30-20(4)23-7-6-8-25-24(23)11-12-31(25)13-14-32/h6-12,14-15,22H,5,13,16-17H2,1-4H3/b27-18-,30-20+. The van der Waals surface area contributed by atoms with E-state index in [2.05, 4.69) is 5.16 Å². The number of hydrogen-bond donors (Lipinski definition) is 0. The number of halogens is 2. The molecule has 2 aromatic carbocycles. The van der Waals surface area contributed by atoms with E-state index in [0.29, 0.717) is 23.8 Å². The number of fused-ring (bicyclic) bond motifs is 1. The van der Waals surface area contributed by atoms with Crippen molar-refractivity contribution in [3.8, 4) is 5.75 Å². The molecule has 1 heterocycles. The van der Waals surface area contributed by atoms with Gasteiger partial charge in [0.2, 0.25) is 0 Å². The second-order valence-electron chi connectivity index (χ2n) is 8.13. The summed E-state index contributed by atoms with van der Waals surface area (Å²) in [5.41, 5.74) is 5.11. The number of alkyl halides is 2. The van der Waals surface area contributed by atoms with Gasteiger partial charge in [-0.3, -0.25) is 0 Å². The smallest absolute Gasteiger partial charge is 0.164 e. The van der Waals surface area contributed by atoms with Crippen LogP contribution < -0.4 is 4.74 Å². The molecule has 0 radical (unpaired) electrons. The number of rotatable bonds is 11. The van der Waals surface area contributed by atoms with Gasteiger partial charge in [-0.15, -0.1) is 0 Å². The third-order valence-corrected chi connectivity index (χ3v) is 5.74. The highest BCUT2D eigenvalue weighted by molar-refractivity contribution is 6.09. The Labute approximate surface area is 198 Å². The van der Waals surface area contributed by atoms with E-state index >= 15 is 0 Å². The van der Waals surface area contributed by atoms with Crippen LogP contribution in [-0.4, -0.2) is 36.0 Å². The van der Waals surface area contributed by atoms with Crippen molar-refractivity contribution >= 4 is 28.7 Å². The number of allylic oxidation sites excluding steroid dienone is 1. The third-order valence-electron chi connectivity index (χ3n) is 5.74. The Morgan fingerprint density at radius 1 is 1.15 bits per heavy atom. The van der Waals surface area contributed by atoms with Gasteiger partial charge in [0.05, 0.1) is 12.3 Å². The molecule has 0 aliphatic carbocycles. The maximum absolute atomic E-state index is 12.9. The molecular formula is C27H30F2N2O3. The van der Waals surface area contributed by atoms with E-state index in [1.807, 2.05) is 68.8 Å². The van der Waals surface area contributed by atoms with Gasteiger partial charge in [0.25, 0.3) is 0 Å². The predicted octanol–water partition coefficient (Wildman–Crippen LogP) is 6.42. The fourth-order valence-electron chi connectivity index (χ4n) is 3.69. The highest BCUT2D eigenvalue weighted by Gasteiger charge is 2.15. The van der Waals surface area contributed by atoms with Crippen LogP contribution in [0.25, 0.3) is 16.7 Å². The van der Waals surface area contributed by atoms with Gasteiger partial charge in [0.15, 0.2) is 11.9 Å². The summed E-state index contributed by atoms with van der Waals surface area (Å²) in [4.78, 5) is 16.9. The van der Waals surface area contributed by atoms with Crippen molar-refractivity contribution in [3.05, 3.63) is 70.9 Å². The fraction of sp³-hybridized carbons (Fsp3) is 0.333. The molecule has 0 aliphatic heterocycles. The molecule has 0 spiro atoms. The first-order chi connectivity index (χ1) is 16.4. The predicted molar refractivity (Wildman–Crippen MR) is 132 cm³/mol. The van der Waals surface area contributed by atoms with Gasteiger partial charge in [-0.25, -0.2) is 8.78 Å². The Bertz CT molecular complexity index is 1210. The lowest BCUT2D eigenvalue weighted by Crippen LogP contribution is -2.21. The number of aryl methyl sites for hydroxylation is 1. The summed E-state index contributed by atoms with van der Waals surface area (Å²) in [5, 5.41) is 5.41. The van der Waals surface area contributed by atoms with Crippen LogP contribution in [0.15, 0.2) is 59.4 Å². The number of ether oxygens (including phenoxy) is 1. The van der Waals surface area contributed by atoms with Gasteiger partial charge in [0, 0.05) is 28.2 Å². The summed E-state index contributed by atoms with van der Waals surface area (Å²) < 4.78 is 33.0. The Morgan fingerprint density at radius 3 is 2.56 bits per heavy atom. The lowest BCUT2D eigenvalue weighted by atomic mass is 10.0. The monoisotopic (exact) mass is 468 g/mol. The van der Waals surface area contributed by atoms with Crippen molar-refractivity contribution in [1.82, 2.24) is 4.57 Å². The molecular weight excluding hydrogens is 438 g/mol. The zero-order chi connectivity index (χ0) is 24.7. The lowest BCUT2D eigenvalue weighted by molar-refractivity contribution is -0.108. The molecule has 0 N–H and O–H groups in total. The van der Waals surface area contributed by atoms with Gasteiger partial charge in [-0.05, 0) is 68.7 Å². The average molecular weight is 469 g/mol. The molecule has 34 heavy (non-hydrogen) atoms. The number of carbonyl (C=O) groups excluding carboxylic acids is 1. The van der Waals surface area contributed by atoms with Crippen LogP contribution in [0.2, 0.25) is 0 Å². The quantitative estimate of drug-likeness (QED) is 0.141. The largest absolute Gasteiger partial charge is 0.485 e. The molecule has 1 aromatic heterocycles. The molecule has 0 unspecified atom stereocenters. The fourth-order valence-corrected chi connectivity index (χ4v) is 3.69. The van der Waals surface area contributed by atoms with Crippen molar-refractivity contribution in [2.24, 2.45) is 5.16 Å². The first-order valence-electron chi connectivity index (χ1n) is 11.3. The lowest BCUT2D eigenvalue weighted by Gasteiger charge is -2.16. The zero-order valence-corrected chi connectivity index (χ0v) is 20.0. The van der Waals surface area contributed by atoms with Crippen LogP contribution in [0.4, 0.5) is 8.78 Å². The van der Waals surface area contributed by atoms with Gasteiger partial charge < -0.3 is 18.9 Å². The summed E-state index contributed by atoms with van der Waals surface area (Å²) in [7, 11) is 0. The van der Waals surface area contributed by atoms with Gasteiger partial charge in [-0.2, -0.15) is 0 Å². The molecule has 0 fully saturated rings. The maximum Gasteiger partial charge on any atom is 0.164 e. The summed E-state index contributed by atoms with van der Waals surface area (Å²) in [6.45, 7) is 6.22. The first kappa shape index (κ1) is 25.1. The zero-order valence-electron chi connectivity index (χ0n) is 20.0. The van der Waals surface area contributed by atoms with Crippen LogP contribution in [0.5, 0.6) is 5.75 Å². The minimum atomic E-state index is -1.11. The molecule has 7 heteroatoms. The van der Waals surface area contributed by atoms with Gasteiger partial charge >= 0.3 is 0 Å². The van der Waals surface area contributed by atoms with E-state index < -0.39 is 19.5 Å². The number of oxime groups is 1. The molecule has 0 saturated heterocycles. The Hall–Kier alpha value is -3.48. The molecule has 0 atom stereocenters. The van der Waals surface area contributed by atoms with Gasteiger partial charge in [-0.1, -0.05) is 24.2 Å². The summed E-state index contributed by atoms with van der Waals surface area (Å²) in [6.07, 6.45) is 2.40. The van der Waals surface area contributed by atoms with Gasteiger partial charge in [0.1, 0.15) is 25.4 Å². The number of carbonyl (C=O) groups is 1. The van der Waals surface area contributed by atoms with E-state index in [1.54, 1.807) is 12.1 Å². The Balaban J connectivity index is 1.91. The van der Waals surface area contributed by atoms with Crippen LogP contribution in [0.3, 0.4) is 0 Å². The molecule has 0 aliphatic rings. The van der Waals surface area contributed by atoms with Crippen molar-refractivity contribution in [3.63, 3.8) is 0 Å². The van der Waals surface area contributed by atoms with Crippen molar-refractivity contribution in [2.45, 2.75) is 46.8 Å². The van der Waals surface area contributed by atoms with E-state index in [0.717, 1.165) is 45.9 Å². The number of hydrogen-bond acceptors (Lipinski definition) is 4. The number of aromatic nitrogens is 1. The Kier molecular flexibility index (Phi) is 8.57. The number of nitrogens with zero attached hydrogens (tertiary/aromatic N) is 2. The molecule has 5 nitrogen and oxygen atoms in total. The summed E-state index contributed by atoms with van der Waals surface area (Å²) in [5.74, 6) is 1.05. The van der Waals surface area contributed by atoms with Crippen molar-refractivity contribution in [1.29, 1.82) is 0 Å². The molecule has 3 aromatic rings. The van der Waals surface area contributed by atoms with E-state index in [-0.39, 0.29) is 0 Å². The van der Waals surface area contributed by atoms with Crippen LogP contribution in [0, 0.1) is 6.92 Å². The molecule has 180 valence electrons. The van der Waals surface area contributed by atoms with E-state index in [1.165, 1.54) is 0 Å². The SMILES string of the molecule is CC/C(C)=C(\O/N=C(\C)c1cccc2c1ccn2CC=O)c1ccc(OC(CF)CF)c(C)c1. The second kappa shape index (κ2) is 11.6. The van der Waals surface area contributed by atoms with E-state index in [9.17, 15) is 13.6 Å². The topological polar surface area (TPSA) is 52.8 Å². The van der Waals surface area contributed by atoms with Crippen LogP contribution in [0.1, 0.15) is 43.9 Å². The molecule has 0 bridgehead atoms. The molecule has 0 saturated carbocycles. The normalized spacial score (nSPS) is 12.7. The third kappa shape index (κ3) is 5.53. The van der Waals surface area contributed by atoms with Crippen molar-refractivity contribution in [2.75, 3.05) is 13.3 Å². The highest BCUT2D eigenvalue weighted by atomic mass is 19.1. The minimum absolute atomic E-state index is 0.290. The van der Waals surface area contributed by atoms with Crippen LogP contribution >= 0.6 is 0 Å². The number of aldehydes is 1. The summed E-state index contributed by atoms with van der Waals surface area (Å²) >= 11 is 0. The molecule has 3 rings (SSSR count). The summed E-state index contributed by atoms with van der Waals surface area (Å²) in [6, 6.07) is 13.2. The Morgan fingerprint density at radius 2 is 1.91 bits per heavy atom. The average Bonchev–Trinajstić information content (AvgIpc) is 3.26. The molecule has 0 amide bonds. The van der Waals surface area contributed by atoms with E-state index in [4.69, 9.17) is 9.57 Å². The second-order valence-corrected chi connectivity index (χ2v) is 8.13. The first-order valence-corrected chi connectivity index (χ1v) is 11.3.